The lowest BCUT2D eigenvalue weighted by atomic mass is 10.4. The first-order chi connectivity index (χ1) is 7.63. The lowest BCUT2D eigenvalue weighted by Gasteiger charge is -1.95. The molecule has 16 heavy (non-hydrogen) atoms. The van der Waals surface area contributed by atoms with Crippen molar-refractivity contribution in [3.8, 4) is 0 Å². The third kappa shape index (κ3) is 1.72. The van der Waals surface area contributed by atoms with Gasteiger partial charge >= 0.3 is 5.82 Å². The van der Waals surface area contributed by atoms with Gasteiger partial charge in [0.15, 0.2) is 0 Å². The average Bonchev–Trinajstić information content (AvgIpc) is 2.57. The van der Waals surface area contributed by atoms with Crippen LogP contribution < -0.4 is 5.73 Å². The molecular formula is C9H9ClN4O2. The maximum absolute atomic E-state index is 10.8. The largest absolute Gasteiger partial charge is 0.389 e. The lowest BCUT2D eigenvalue weighted by Crippen LogP contribution is -2.06. The first-order valence-corrected chi connectivity index (χ1v) is 5.02. The van der Waals surface area contributed by atoms with Gasteiger partial charge in [-0.15, -0.1) is 0 Å². The Morgan fingerprint density at radius 2 is 2.38 bits per heavy atom. The Hall–Kier alpha value is -1.66. The molecule has 0 saturated heterocycles. The molecule has 0 unspecified atom stereocenters. The number of aromatic nitrogens is 2. The van der Waals surface area contributed by atoms with Crippen LogP contribution in [0.3, 0.4) is 0 Å². The average molecular weight is 241 g/mol. The van der Waals surface area contributed by atoms with Crippen LogP contribution >= 0.6 is 11.6 Å². The molecule has 0 aliphatic rings. The fraction of sp³-hybridized carbons (Fsp3) is 0.222. The van der Waals surface area contributed by atoms with Gasteiger partial charge in [0.1, 0.15) is 5.52 Å². The van der Waals surface area contributed by atoms with Crippen molar-refractivity contribution < 1.29 is 4.92 Å². The van der Waals surface area contributed by atoms with Crippen LogP contribution in [-0.4, -0.2) is 20.9 Å². The van der Waals surface area contributed by atoms with Gasteiger partial charge in [-0.3, -0.25) is 4.40 Å². The molecule has 0 fully saturated rings. The van der Waals surface area contributed by atoms with Gasteiger partial charge in [-0.2, -0.15) is 0 Å². The number of halogens is 1. The smallest absolute Gasteiger partial charge is 0.358 e. The zero-order valence-electron chi connectivity index (χ0n) is 8.26. The molecule has 6 nitrogen and oxygen atoms in total. The van der Waals surface area contributed by atoms with Crippen LogP contribution in [0, 0.1) is 10.1 Å². The summed E-state index contributed by atoms with van der Waals surface area (Å²) in [5.41, 5.74) is 5.81. The van der Waals surface area contributed by atoms with Crippen molar-refractivity contribution in [2.75, 3.05) is 6.54 Å². The van der Waals surface area contributed by atoms with E-state index in [4.69, 9.17) is 17.3 Å². The Bertz CT molecular complexity index is 552. The topological polar surface area (TPSA) is 86.5 Å². The Morgan fingerprint density at radius 1 is 1.62 bits per heavy atom. The van der Waals surface area contributed by atoms with E-state index in [9.17, 15) is 10.1 Å². The van der Waals surface area contributed by atoms with Crippen LogP contribution in [0.2, 0.25) is 5.02 Å². The minimum Gasteiger partial charge on any atom is -0.358 e. The molecule has 7 heteroatoms. The van der Waals surface area contributed by atoms with Crippen molar-refractivity contribution in [3.63, 3.8) is 0 Å². The molecule has 2 aromatic heterocycles. The normalized spacial score (nSPS) is 10.9. The van der Waals surface area contributed by atoms with Crippen molar-refractivity contribution in [3.05, 3.63) is 39.3 Å². The molecular weight excluding hydrogens is 232 g/mol. The molecule has 2 N–H and O–H groups in total. The summed E-state index contributed by atoms with van der Waals surface area (Å²) in [5.74, 6) is 0.381. The molecule has 0 aliphatic heterocycles. The van der Waals surface area contributed by atoms with Crippen LogP contribution in [0.1, 0.15) is 5.82 Å². The highest BCUT2D eigenvalue weighted by Crippen LogP contribution is 2.23. The van der Waals surface area contributed by atoms with Crippen molar-refractivity contribution in [2.24, 2.45) is 5.73 Å². The molecule has 0 saturated carbocycles. The van der Waals surface area contributed by atoms with E-state index in [0.717, 1.165) is 0 Å². The summed E-state index contributed by atoms with van der Waals surface area (Å²) in [6.45, 7) is 0.388. The molecule has 0 atom stereocenters. The first-order valence-electron chi connectivity index (χ1n) is 4.64. The zero-order chi connectivity index (χ0) is 11.7. The van der Waals surface area contributed by atoms with Crippen molar-refractivity contribution in [1.82, 2.24) is 9.38 Å². The molecule has 0 bridgehead atoms. The summed E-state index contributed by atoms with van der Waals surface area (Å²) in [4.78, 5) is 14.2. The van der Waals surface area contributed by atoms with Crippen LogP contribution in [0.4, 0.5) is 5.82 Å². The molecule has 0 radical (unpaired) electrons. The van der Waals surface area contributed by atoms with Crippen LogP contribution in [0.15, 0.2) is 18.3 Å². The Balaban J connectivity index is 2.71. The molecule has 0 amide bonds. The molecule has 84 valence electrons. The maximum atomic E-state index is 10.8. The summed E-state index contributed by atoms with van der Waals surface area (Å²) < 4.78 is 1.64. The molecule has 2 heterocycles. The minimum absolute atomic E-state index is 0.189. The summed E-state index contributed by atoms with van der Waals surface area (Å²) in [7, 11) is 0. The molecule has 0 spiro atoms. The SMILES string of the molecule is NCCc1nc([N+](=O)[O-])c2cc(Cl)ccn12. The Kier molecular flexibility index (Phi) is 2.76. The van der Waals surface area contributed by atoms with E-state index in [1.165, 1.54) is 6.07 Å². The third-order valence-electron chi connectivity index (χ3n) is 2.20. The fourth-order valence-electron chi connectivity index (χ4n) is 1.54. The summed E-state index contributed by atoms with van der Waals surface area (Å²) >= 11 is 5.79. The summed E-state index contributed by atoms with van der Waals surface area (Å²) in [6, 6.07) is 3.17. The van der Waals surface area contributed by atoms with Gasteiger partial charge in [-0.25, -0.2) is 0 Å². The number of fused-ring (bicyclic) bond motifs is 1. The number of hydrogen-bond acceptors (Lipinski definition) is 4. The van der Waals surface area contributed by atoms with Crippen LogP contribution in [0.25, 0.3) is 5.52 Å². The Labute approximate surface area is 95.8 Å². The van der Waals surface area contributed by atoms with E-state index >= 15 is 0 Å². The number of rotatable bonds is 3. The number of nitrogens with two attached hydrogens (primary N) is 1. The van der Waals surface area contributed by atoms with Gasteiger partial charge in [0.25, 0.3) is 0 Å². The highest BCUT2D eigenvalue weighted by molar-refractivity contribution is 6.30. The number of imidazole rings is 1. The maximum Gasteiger partial charge on any atom is 0.389 e. The highest BCUT2D eigenvalue weighted by atomic mass is 35.5. The van der Waals surface area contributed by atoms with Crippen molar-refractivity contribution in [2.45, 2.75) is 6.42 Å². The van der Waals surface area contributed by atoms with Crippen LogP contribution in [-0.2, 0) is 6.42 Å². The summed E-state index contributed by atoms with van der Waals surface area (Å²) in [5, 5.41) is 11.2. The quantitative estimate of drug-likeness (QED) is 0.649. The molecule has 0 aromatic carbocycles. The van der Waals surface area contributed by atoms with E-state index in [-0.39, 0.29) is 5.82 Å². The van der Waals surface area contributed by atoms with Crippen molar-refractivity contribution >= 4 is 22.9 Å². The van der Waals surface area contributed by atoms with Gasteiger partial charge in [-0.05, 0) is 22.0 Å². The number of hydrogen-bond donors (Lipinski definition) is 1. The van der Waals surface area contributed by atoms with Crippen molar-refractivity contribution in [1.29, 1.82) is 0 Å². The van der Waals surface area contributed by atoms with E-state index in [0.29, 0.717) is 29.3 Å². The van der Waals surface area contributed by atoms with E-state index in [2.05, 4.69) is 4.98 Å². The monoisotopic (exact) mass is 240 g/mol. The van der Waals surface area contributed by atoms with Gasteiger partial charge in [-0.1, -0.05) is 11.6 Å². The van der Waals surface area contributed by atoms with Gasteiger partial charge in [0.2, 0.25) is 5.82 Å². The minimum atomic E-state index is -0.522. The zero-order valence-corrected chi connectivity index (χ0v) is 9.02. The third-order valence-corrected chi connectivity index (χ3v) is 2.44. The second-order valence-corrected chi connectivity index (χ2v) is 3.68. The predicted octanol–water partition coefficient (Wildman–Crippen LogP) is 1.40. The van der Waals surface area contributed by atoms with E-state index in [1.54, 1.807) is 16.7 Å². The Morgan fingerprint density at radius 3 is 3.00 bits per heavy atom. The fourth-order valence-corrected chi connectivity index (χ4v) is 1.70. The number of nitro groups is 1. The highest BCUT2D eigenvalue weighted by Gasteiger charge is 2.21. The van der Waals surface area contributed by atoms with E-state index < -0.39 is 4.92 Å². The standard InChI is InChI=1S/C9H9ClN4O2/c10-6-2-4-13-7(5-6)9(14(15)16)12-8(13)1-3-11/h2,4-5H,1,3,11H2. The van der Waals surface area contributed by atoms with E-state index in [1.807, 2.05) is 0 Å². The lowest BCUT2D eigenvalue weighted by molar-refractivity contribution is -0.387. The van der Waals surface area contributed by atoms with Gasteiger partial charge < -0.3 is 15.8 Å². The number of nitrogens with zero attached hydrogens (tertiary/aromatic N) is 3. The van der Waals surface area contributed by atoms with Crippen LogP contribution in [0.5, 0.6) is 0 Å². The van der Waals surface area contributed by atoms with Gasteiger partial charge in [0, 0.05) is 24.2 Å². The van der Waals surface area contributed by atoms with Gasteiger partial charge in [0.05, 0.1) is 0 Å². The second-order valence-electron chi connectivity index (χ2n) is 3.25. The molecule has 2 rings (SSSR count). The molecule has 2 aromatic rings. The summed E-state index contributed by atoms with van der Waals surface area (Å²) in [6.07, 6.45) is 2.14. The number of pyridine rings is 1. The molecule has 0 aliphatic carbocycles. The predicted molar refractivity (Wildman–Crippen MR) is 59.6 cm³/mol. The second kappa shape index (κ2) is 4.07. The first kappa shape index (κ1) is 10.8.